The van der Waals surface area contributed by atoms with Crippen LogP contribution in [0.5, 0.6) is 0 Å². The minimum absolute atomic E-state index is 0.0692. The van der Waals surface area contributed by atoms with E-state index in [-0.39, 0.29) is 11.7 Å². The third kappa shape index (κ3) is 4.31. The van der Waals surface area contributed by atoms with Crippen molar-refractivity contribution in [3.63, 3.8) is 0 Å². The first kappa shape index (κ1) is 13.9. The molecule has 0 spiro atoms. The predicted molar refractivity (Wildman–Crippen MR) is 77.5 cm³/mol. The number of carbonyl (C=O) groups excluding carboxylic acids is 2. The Morgan fingerprint density at radius 3 is 2.50 bits per heavy atom. The molecule has 0 aliphatic heterocycles. The van der Waals surface area contributed by atoms with Gasteiger partial charge in [-0.1, -0.05) is 30.3 Å². The summed E-state index contributed by atoms with van der Waals surface area (Å²) in [5.74, 6) is -0.0290. The molecule has 2 rings (SSSR count). The summed E-state index contributed by atoms with van der Waals surface area (Å²) in [6.45, 7) is 0. The molecule has 0 radical (unpaired) electrons. The van der Waals surface area contributed by atoms with Crippen LogP contribution in [0.4, 0.5) is 5.69 Å². The number of anilines is 1. The van der Waals surface area contributed by atoms with Gasteiger partial charge in [-0.2, -0.15) is 0 Å². The van der Waals surface area contributed by atoms with Crippen LogP contribution in [0.15, 0.2) is 54.9 Å². The molecule has 1 N–H and O–H groups in total. The van der Waals surface area contributed by atoms with E-state index < -0.39 is 0 Å². The molecule has 1 amide bonds. The monoisotopic (exact) mass is 268 g/mol. The maximum Gasteiger partial charge on any atom is 0.224 e. The van der Waals surface area contributed by atoms with Crippen LogP contribution in [0.25, 0.3) is 0 Å². The molecule has 4 nitrogen and oxygen atoms in total. The van der Waals surface area contributed by atoms with Gasteiger partial charge in [0.2, 0.25) is 5.91 Å². The van der Waals surface area contributed by atoms with Crippen LogP contribution in [0, 0.1) is 0 Å². The van der Waals surface area contributed by atoms with Crippen molar-refractivity contribution in [2.45, 2.75) is 19.3 Å². The number of carbonyl (C=O) groups is 2. The quantitative estimate of drug-likeness (QED) is 0.819. The van der Waals surface area contributed by atoms with Gasteiger partial charge in [0.05, 0.1) is 11.9 Å². The third-order valence-electron chi connectivity index (χ3n) is 2.85. The van der Waals surface area contributed by atoms with Crippen LogP contribution in [0.3, 0.4) is 0 Å². The number of hydrogen-bond donors (Lipinski definition) is 1. The smallest absolute Gasteiger partial charge is 0.224 e. The van der Waals surface area contributed by atoms with E-state index in [2.05, 4.69) is 10.3 Å². The SMILES string of the molecule is O=C(CCCC(=O)c1ccccc1)Nc1cccnc1. The number of amides is 1. The van der Waals surface area contributed by atoms with Crippen molar-refractivity contribution < 1.29 is 9.59 Å². The second-order valence-corrected chi connectivity index (χ2v) is 4.43. The minimum Gasteiger partial charge on any atom is -0.325 e. The first-order valence-electron chi connectivity index (χ1n) is 6.54. The zero-order valence-electron chi connectivity index (χ0n) is 11.1. The van der Waals surface area contributed by atoms with E-state index >= 15 is 0 Å². The summed E-state index contributed by atoms with van der Waals surface area (Å²) in [5.41, 5.74) is 1.37. The molecule has 1 aromatic heterocycles. The topological polar surface area (TPSA) is 59.1 Å². The summed E-state index contributed by atoms with van der Waals surface area (Å²) in [6, 6.07) is 12.7. The summed E-state index contributed by atoms with van der Waals surface area (Å²) >= 11 is 0. The van der Waals surface area contributed by atoms with Gasteiger partial charge >= 0.3 is 0 Å². The van der Waals surface area contributed by atoms with E-state index in [0.29, 0.717) is 30.5 Å². The minimum atomic E-state index is -0.0983. The normalized spacial score (nSPS) is 10.0. The molecule has 1 heterocycles. The van der Waals surface area contributed by atoms with Crippen LogP contribution in [0.1, 0.15) is 29.6 Å². The number of aromatic nitrogens is 1. The summed E-state index contributed by atoms with van der Waals surface area (Å²) in [6.07, 6.45) is 4.49. The Balaban J connectivity index is 1.73. The number of rotatable bonds is 6. The Morgan fingerprint density at radius 1 is 1.00 bits per heavy atom. The first-order valence-corrected chi connectivity index (χ1v) is 6.54. The van der Waals surface area contributed by atoms with E-state index in [4.69, 9.17) is 0 Å². The Hall–Kier alpha value is -2.49. The zero-order chi connectivity index (χ0) is 14.2. The van der Waals surface area contributed by atoms with Crippen LogP contribution >= 0.6 is 0 Å². The molecule has 0 bridgehead atoms. The van der Waals surface area contributed by atoms with E-state index in [1.165, 1.54) is 0 Å². The lowest BCUT2D eigenvalue weighted by Crippen LogP contribution is -2.12. The number of pyridine rings is 1. The van der Waals surface area contributed by atoms with Gasteiger partial charge in [-0.25, -0.2) is 0 Å². The fourth-order valence-corrected chi connectivity index (χ4v) is 1.84. The van der Waals surface area contributed by atoms with Crippen LogP contribution < -0.4 is 5.32 Å². The molecule has 102 valence electrons. The molecule has 0 atom stereocenters. The van der Waals surface area contributed by atoms with E-state index in [1.807, 2.05) is 18.2 Å². The highest BCUT2D eigenvalue weighted by Crippen LogP contribution is 2.08. The van der Waals surface area contributed by atoms with Gasteiger partial charge in [0, 0.05) is 24.6 Å². The molecule has 1 aromatic carbocycles. The van der Waals surface area contributed by atoms with Crippen molar-refractivity contribution in [3.8, 4) is 0 Å². The van der Waals surface area contributed by atoms with Crippen molar-refractivity contribution in [1.29, 1.82) is 0 Å². The van der Waals surface area contributed by atoms with Crippen molar-refractivity contribution in [2.24, 2.45) is 0 Å². The molecule has 0 saturated carbocycles. The van der Waals surface area contributed by atoms with Crippen molar-refractivity contribution in [1.82, 2.24) is 4.98 Å². The largest absolute Gasteiger partial charge is 0.325 e. The fourth-order valence-electron chi connectivity index (χ4n) is 1.84. The molecule has 2 aromatic rings. The molecule has 0 saturated heterocycles. The standard InChI is InChI=1S/C16H16N2O2/c19-15(13-6-2-1-3-7-13)9-4-10-16(20)18-14-8-5-11-17-12-14/h1-3,5-8,11-12H,4,9-10H2,(H,18,20). The fraction of sp³-hybridized carbons (Fsp3) is 0.188. The Bertz CT molecular complexity index is 568. The highest BCUT2D eigenvalue weighted by Gasteiger charge is 2.07. The Morgan fingerprint density at radius 2 is 1.80 bits per heavy atom. The van der Waals surface area contributed by atoms with Crippen molar-refractivity contribution >= 4 is 17.4 Å². The summed E-state index contributed by atoms with van der Waals surface area (Å²) in [7, 11) is 0. The average molecular weight is 268 g/mol. The highest BCUT2D eigenvalue weighted by molar-refractivity contribution is 5.96. The molecule has 0 aliphatic rings. The molecular formula is C16H16N2O2. The number of hydrogen-bond acceptors (Lipinski definition) is 3. The number of Topliss-reactive ketones (excluding diaryl/α,β-unsaturated/α-hetero) is 1. The number of benzene rings is 1. The zero-order valence-corrected chi connectivity index (χ0v) is 11.1. The Labute approximate surface area is 117 Å². The molecular weight excluding hydrogens is 252 g/mol. The maximum absolute atomic E-state index is 11.8. The van der Waals surface area contributed by atoms with Crippen LogP contribution in [-0.2, 0) is 4.79 Å². The van der Waals surface area contributed by atoms with E-state index in [9.17, 15) is 9.59 Å². The molecule has 0 unspecified atom stereocenters. The number of nitrogens with one attached hydrogen (secondary N) is 1. The molecule has 4 heteroatoms. The predicted octanol–water partition coefficient (Wildman–Crippen LogP) is 3.07. The van der Waals surface area contributed by atoms with Gasteiger partial charge in [-0.3, -0.25) is 14.6 Å². The van der Waals surface area contributed by atoms with Gasteiger partial charge in [0.25, 0.3) is 0 Å². The second-order valence-electron chi connectivity index (χ2n) is 4.43. The van der Waals surface area contributed by atoms with Crippen LogP contribution in [-0.4, -0.2) is 16.7 Å². The Kier molecular flexibility index (Phi) is 5.00. The van der Waals surface area contributed by atoms with Gasteiger partial charge in [0.1, 0.15) is 0 Å². The van der Waals surface area contributed by atoms with Gasteiger partial charge in [0.15, 0.2) is 5.78 Å². The van der Waals surface area contributed by atoms with Gasteiger partial charge in [-0.05, 0) is 18.6 Å². The molecule has 20 heavy (non-hydrogen) atoms. The summed E-state index contributed by atoms with van der Waals surface area (Å²) < 4.78 is 0. The van der Waals surface area contributed by atoms with Crippen molar-refractivity contribution in [2.75, 3.05) is 5.32 Å². The van der Waals surface area contributed by atoms with Gasteiger partial charge in [-0.15, -0.1) is 0 Å². The van der Waals surface area contributed by atoms with Gasteiger partial charge < -0.3 is 5.32 Å². The van der Waals surface area contributed by atoms with Crippen LogP contribution in [0.2, 0.25) is 0 Å². The average Bonchev–Trinajstić information content (AvgIpc) is 2.49. The molecule has 0 aliphatic carbocycles. The molecule has 0 fully saturated rings. The lowest BCUT2D eigenvalue weighted by Gasteiger charge is -2.04. The number of nitrogens with zero attached hydrogens (tertiary/aromatic N) is 1. The van der Waals surface area contributed by atoms with E-state index in [1.54, 1.807) is 36.7 Å². The maximum atomic E-state index is 11.8. The van der Waals surface area contributed by atoms with Crippen molar-refractivity contribution in [3.05, 3.63) is 60.4 Å². The highest BCUT2D eigenvalue weighted by atomic mass is 16.1. The summed E-state index contributed by atoms with van der Waals surface area (Å²) in [4.78, 5) is 27.4. The third-order valence-corrected chi connectivity index (χ3v) is 2.85. The van der Waals surface area contributed by atoms with E-state index in [0.717, 1.165) is 0 Å². The lowest BCUT2D eigenvalue weighted by atomic mass is 10.1. The summed E-state index contributed by atoms with van der Waals surface area (Å²) in [5, 5.41) is 2.74. The lowest BCUT2D eigenvalue weighted by molar-refractivity contribution is -0.116. The number of ketones is 1. The second kappa shape index (κ2) is 7.19. The first-order chi connectivity index (χ1) is 9.75.